The van der Waals surface area contributed by atoms with Gasteiger partial charge in [0.25, 0.3) is 0 Å². The second-order valence-electron chi connectivity index (χ2n) is 17.4. The predicted molar refractivity (Wildman–Crippen MR) is 221 cm³/mol. The molecule has 0 saturated heterocycles. The molecule has 1 aliphatic carbocycles. The molecule has 0 spiro atoms. The molecule has 54 heavy (non-hydrogen) atoms. The molecule has 5 aliphatic rings. The second kappa shape index (κ2) is 8.00. The quantitative estimate of drug-likeness (QED) is 0.117. The Balaban J connectivity index is 0.855. The van der Waals surface area contributed by atoms with Crippen molar-refractivity contribution in [1.29, 1.82) is 0 Å². The van der Waals surface area contributed by atoms with Crippen LogP contribution < -0.4 is 0 Å². The molecule has 0 aromatic heterocycles. The molecule has 12 aromatic carbocycles. The van der Waals surface area contributed by atoms with E-state index in [1.54, 1.807) is 22.3 Å². The van der Waals surface area contributed by atoms with Crippen LogP contribution in [0.4, 0.5) is 0 Å². The zero-order valence-electron chi connectivity index (χ0n) is 29.2. The van der Waals surface area contributed by atoms with Gasteiger partial charge in [0.1, 0.15) is 24.4 Å². The molecule has 0 N–H and O–H groups in total. The minimum Gasteiger partial charge on any atom is -0.357 e. The minimum atomic E-state index is 0.0444. The Morgan fingerprint density at radius 3 is 0.704 bits per heavy atom. The molecule has 4 atom stereocenters. The normalized spacial score (nSPS) is 23.7. The largest absolute Gasteiger partial charge is 0.357 e. The molecule has 0 fully saturated rings. The Morgan fingerprint density at radius 2 is 0.463 bits per heavy atom. The molecule has 0 amide bonds. The lowest BCUT2D eigenvalue weighted by atomic mass is 9.73. The van der Waals surface area contributed by atoms with E-state index in [0.717, 1.165) is 25.7 Å². The van der Waals surface area contributed by atoms with Crippen molar-refractivity contribution < 1.29 is 9.47 Å². The van der Waals surface area contributed by atoms with Crippen molar-refractivity contribution in [3.63, 3.8) is 0 Å². The number of ether oxygens (including phenoxy) is 2. The van der Waals surface area contributed by atoms with E-state index in [9.17, 15) is 0 Å². The van der Waals surface area contributed by atoms with Crippen molar-refractivity contribution in [2.24, 2.45) is 0 Å². The summed E-state index contributed by atoms with van der Waals surface area (Å²) in [4.78, 5) is 0. The average Bonchev–Trinajstić information content (AvgIpc) is 4.06. The number of benzene rings is 10. The fourth-order valence-corrected chi connectivity index (χ4v) is 13.7. The van der Waals surface area contributed by atoms with Crippen molar-refractivity contribution in [2.75, 3.05) is 0 Å². The van der Waals surface area contributed by atoms with E-state index in [0.29, 0.717) is 0 Å². The van der Waals surface area contributed by atoms with E-state index in [2.05, 4.69) is 97.1 Å². The highest BCUT2D eigenvalue weighted by molar-refractivity contribution is 6.46. The summed E-state index contributed by atoms with van der Waals surface area (Å²) in [5, 5.41) is 28.4. The monoisotopic (exact) mass is 684 g/mol. The summed E-state index contributed by atoms with van der Waals surface area (Å²) in [6, 6.07) is 37.8. The van der Waals surface area contributed by atoms with Crippen LogP contribution in [0, 0.1) is 0 Å². The predicted octanol–water partition coefficient (Wildman–Crippen LogP) is 14.0. The number of hydrogen-bond acceptors (Lipinski definition) is 2. The van der Waals surface area contributed by atoms with Crippen molar-refractivity contribution in [1.82, 2.24) is 0 Å². The van der Waals surface area contributed by atoms with Gasteiger partial charge in [-0.1, -0.05) is 97.1 Å². The standard InChI is InChI=1S/C52H28O2/c1-5-23-9-13-31-41-37(23)35-21(1)2-6-24-10-14-32(42(41)38(24)35)46-45(31)49-27-17-19-29-30(20-18-28(27)50(46)53-49)52-48-34-16-12-26-8-4-22-3-7-25-11-15-33(47(48)51(29)54-52)43-39(25)36(22)40(26)44(34)43/h1-16,49-52H,17-20H2. The Morgan fingerprint density at radius 1 is 0.259 bits per heavy atom. The Bertz CT molecular complexity index is 3320. The number of rotatable bonds is 0. The molecule has 4 bridgehead atoms. The minimum absolute atomic E-state index is 0.0444. The topological polar surface area (TPSA) is 18.5 Å². The molecule has 248 valence electrons. The summed E-state index contributed by atoms with van der Waals surface area (Å²) >= 11 is 0. The highest BCUT2D eigenvalue weighted by Crippen LogP contribution is 2.67. The van der Waals surface area contributed by atoms with Crippen LogP contribution in [0.2, 0.25) is 0 Å². The highest BCUT2D eigenvalue weighted by atomic mass is 16.5. The summed E-state index contributed by atoms with van der Waals surface area (Å²) in [5.74, 6) is 0. The van der Waals surface area contributed by atoms with Crippen molar-refractivity contribution >= 4 is 108 Å². The van der Waals surface area contributed by atoms with E-state index >= 15 is 0 Å². The van der Waals surface area contributed by atoms with Crippen LogP contribution >= 0.6 is 0 Å². The molecule has 0 saturated carbocycles. The van der Waals surface area contributed by atoms with Crippen LogP contribution in [0.25, 0.3) is 108 Å². The highest BCUT2D eigenvalue weighted by Gasteiger charge is 2.51. The van der Waals surface area contributed by atoms with Gasteiger partial charge in [-0.25, -0.2) is 0 Å². The van der Waals surface area contributed by atoms with E-state index in [1.165, 1.54) is 130 Å². The van der Waals surface area contributed by atoms with Gasteiger partial charge >= 0.3 is 0 Å². The molecule has 17 rings (SSSR count). The van der Waals surface area contributed by atoms with Gasteiger partial charge in [0.2, 0.25) is 0 Å². The maximum absolute atomic E-state index is 7.21. The zero-order valence-corrected chi connectivity index (χ0v) is 29.2. The summed E-state index contributed by atoms with van der Waals surface area (Å²) in [5.41, 5.74) is 12.1. The Hall–Kier alpha value is -5.80. The molecule has 12 aromatic rings. The average molecular weight is 685 g/mol. The molecular weight excluding hydrogens is 657 g/mol. The molecule has 2 nitrogen and oxygen atoms in total. The molecule has 0 radical (unpaired) electrons. The van der Waals surface area contributed by atoms with Gasteiger partial charge in [-0.3, -0.25) is 0 Å². The maximum atomic E-state index is 7.21. The van der Waals surface area contributed by atoms with E-state index < -0.39 is 0 Å². The van der Waals surface area contributed by atoms with Gasteiger partial charge in [-0.15, -0.1) is 0 Å². The Labute approximate surface area is 307 Å². The third-order valence-electron chi connectivity index (χ3n) is 15.5. The van der Waals surface area contributed by atoms with E-state index in [4.69, 9.17) is 9.47 Å². The molecular formula is C52H28O2. The lowest BCUT2D eigenvalue weighted by Gasteiger charge is -2.28. The van der Waals surface area contributed by atoms with Crippen LogP contribution in [0.15, 0.2) is 119 Å². The first-order valence-electron chi connectivity index (χ1n) is 20.0. The van der Waals surface area contributed by atoms with Gasteiger partial charge in [0.05, 0.1) is 0 Å². The SMILES string of the molecule is c1cc2ccc3c4c(c5ccc6ccc1c1c2c3c5c61)C1OC4C2=C1CCC1=C(CC2)C2OC1c1c2c2ccc3ccc4ccc5ccc1c1c5c4c3c21. The lowest BCUT2D eigenvalue weighted by molar-refractivity contribution is 0.0729. The first kappa shape index (κ1) is 26.1. The zero-order chi connectivity index (χ0) is 34.0. The van der Waals surface area contributed by atoms with Crippen molar-refractivity contribution in [3.05, 3.63) is 142 Å². The summed E-state index contributed by atoms with van der Waals surface area (Å²) in [6.45, 7) is 0. The molecule has 4 heterocycles. The van der Waals surface area contributed by atoms with E-state index in [1.807, 2.05) is 0 Å². The first-order chi connectivity index (χ1) is 26.8. The lowest BCUT2D eigenvalue weighted by Crippen LogP contribution is -2.13. The third-order valence-corrected chi connectivity index (χ3v) is 15.5. The number of fused-ring (bicyclic) bond motifs is 18. The smallest absolute Gasteiger partial charge is 0.106 e. The number of hydrogen-bond donors (Lipinski definition) is 0. The summed E-state index contributed by atoms with van der Waals surface area (Å²) < 4.78 is 14.4. The van der Waals surface area contributed by atoms with Crippen molar-refractivity contribution in [2.45, 2.75) is 50.1 Å². The van der Waals surface area contributed by atoms with Gasteiger partial charge in [-0.2, -0.15) is 0 Å². The van der Waals surface area contributed by atoms with E-state index in [-0.39, 0.29) is 24.4 Å². The van der Waals surface area contributed by atoms with Crippen LogP contribution in [0.3, 0.4) is 0 Å². The molecule has 4 unspecified atom stereocenters. The van der Waals surface area contributed by atoms with Gasteiger partial charge in [-0.05, 0) is 178 Å². The summed E-state index contributed by atoms with van der Waals surface area (Å²) in [6.07, 6.45) is 4.38. The van der Waals surface area contributed by atoms with Gasteiger partial charge in [0.15, 0.2) is 0 Å². The second-order valence-corrected chi connectivity index (χ2v) is 17.4. The van der Waals surface area contributed by atoms with Crippen LogP contribution in [-0.2, 0) is 9.47 Å². The van der Waals surface area contributed by atoms with Crippen LogP contribution in [0.5, 0.6) is 0 Å². The fourth-order valence-electron chi connectivity index (χ4n) is 13.7. The van der Waals surface area contributed by atoms with Gasteiger partial charge < -0.3 is 9.47 Å². The fraction of sp³-hybridized carbons (Fsp3) is 0.154. The maximum Gasteiger partial charge on any atom is 0.106 e. The van der Waals surface area contributed by atoms with Gasteiger partial charge in [0, 0.05) is 0 Å². The summed E-state index contributed by atoms with van der Waals surface area (Å²) in [7, 11) is 0. The first-order valence-corrected chi connectivity index (χ1v) is 20.0. The van der Waals surface area contributed by atoms with Crippen LogP contribution in [-0.4, -0.2) is 0 Å². The Kier molecular flexibility index (Phi) is 3.86. The third kappa shape index (κ3) is 2.45. The molecule has 4 aliphatic heterocycles. The molecule has 2 heteroatoms. The van der Waals surface area contributed by atoms with Crippen LogP contribution in [0.1, 0.15) is 72.4 Å². The van der Waals surface area contributed by atoms with Crippen molar-refractivity contribution in [3.8, 4) is 0 Å².